The lowest BCUT2D eigenvalue weighted by Gasteiger charge is -2.14. The second-order valence-corrected chi connectivity index (χ2v) is 9.87. The van der Waals surface area contributed by atoms with E-state index in [9.17, 15) is 9.59 Å². The number of benzene rings is 2. The first kappa shape index (κ1) is 23.8. The third-order valence-corrected chi connectivity index (χ3v) is 6.75. The Kier molecular flexibility index (Phi) is 7.21. The van der Waals surface area contributed by atoms with Crippen LogP contribution >= 0.6 is 11.8 Å². The highest BCUT2D eigenvalue weighted by atomic mass is 32.2. The van der Waals surface area contributed by atoms with Gasteiger partial charge in [0.2, 0.25) is 11.7 Å². The van der Waals surface area contributed by atoms with Crippen LogP contribution in [0.3, 0.4) is 0 Å². The molecule has 0 aliphatic carbocycles. The molecule has 0 bridgehead atoms. The Hall–Kier alpha value is -3.33. The van der Waals surface area contributed by atoms with Crippen LogP contribution in [0, 0.1) is 5.92 Å². The summed E-state index contributed by atoms with van der Waals surface area (Å²) in [6.45, 7) is 7.01. The monoisotopic (exact) mass is 479 g/mol. The molecule has 0 radical (unpaired) electrons. The summed E-state index contributed by atoms with van der Waals surface area (Å²) in [4.78, 5) is 26.0. The summed E-state index contributed by atoms with van der Waals surface area (Å²) >= 11 is 1.32. The standard InChI is InChI=1S/C25H29N5O3S/c1-16(2)13-14-29-23(32)19-10-6-7-11-20(19)30-24(29)27-28-25(30)34-17(3)22(31)26-15-18-9-5-8-12-21(18)33-4/h5-12,16-17H,13-15H2,1-4H3,(H,26,31). The summed E-state index contributed by atoms with van der Waals surface area (Å²) in [6, 6.07) is 15.0. The molecule has 0 aliphatic heterocycles. The predicted molar refractivity (Wildman–Crippen MR) is 134 cm³/mol. The Balaban J connectivity index is 1.62. The molecule has 2 aromatic heterocycles. The number of thioether (sulfide) groups is 1. The number of aromatic nitrogens is 4. The summed E-state index contributed by atoms with van der Waals surface area (Å²) in [5, 5.41) is 12.4. The van der Waals surface area contributed by atoms with Crippen molar-refractivity contribution in [3.63, 3.8) is 0 Å². The van der Waals surface area contributed by atoms with E-state index in [4.69, 9.17) is 4.74 Å². The Bertz CT molecular complexity index is 1380. The van der Waals surface area contributed by atoms with Crippen LogP contribution in [0.1, 0.15) is 32.8 Å². The van der Waals surface area contributed by atoms with Crippen LogP contribution < -0.4 is 15.6 Å². The van der Waals surface area contributed by atoms with E-state index in [-0.39, 0.29) is 11.5 Å². The molecule has 1 atom stereocenters. The zero-order valence-electron chi connectivity index (χ0n) is 19.8. The van der Waals surface area contributed by atoms with Crippen molar-refractivity contribution in [3.8, 4) is 5.75 Å². The molecule has 0 spiro atoms. The van der Waals surface area contributed by atoms with Gasteiger partial charge < -0.3 is 10.1 Å². The highest BCUT2D eigenvalue weighted by Gasteiger charge is 2.21. The zero-order valence-corrected chi connectivity index (χ0v) is 20.6. The number of carbonyl (C=O) groups excluding carboxylic acids is 1. The van der Waals surface area contributed by atoms with Gasteiger partial charge in [-0.25, -0.2) is 0 Å². The van der Waals surface area contributed by atoms with Crippen molar-refractivity contribution in [2.75, 3.05) is 7.11 Å². The van der Waals surface area contributed by atoms with Crippen molar-refractivity contribution >= 4 is 34.3 Å². The van der Waals surface area contributed by atoms with Crippen LogP contribution in [-0.4, -0.2) is 37.4 Å². The molecule has 0 saturated carbocycles. The molecule has 178 valence electrons. The predicted octanol–water partition coefficient (Wildman–Crippen LogP) is 3.90. The topological polar surface area (TPSA) is 90.5 Å². The first-order valence-electron chi connectivity index (χ1n) is 11.3. The lowest BCUT2D eigenvalue weighted by molar-refractivity contribution is -0.120. The van der Waals surface area contributed by atoms with E-state index in [2.05, 4.69) is 29.4 Å². The van der Waals surface area contributed by atoms with Crippen molar-refractivity contribution in [2.45, 2.75) is 50.7 Å². The largest absolute Gasteiger partial charge is 0.496 e. The number of nitrogens with one attached hydrogen (secondary N) is 1. The second-order valence-electron chi connectivity index (χ2n) is 8.56. The van der Waals surface area contributed by atoms with Crippen molar-refractivity contribution in [1.29, 1.82) is 0 Å². The van der Waals surface area contributed by atoms with E-state index < -0.39 is 5.25 Å². The first-order valence-corrected chi connectivity index (χ1v) is 12.2. The molecule has 1 unspecified atom stereocenters. The number of fused-ring (bicyclic) bond motifs is 3. The van der Waals surface area contributed by atoms with Crippen LogP contribution in [-0.2, 0) is 17.9 Å². The van der Waals surface area contributed by atoms with Gasteiger partial charge in [-0.05, 0) is 37.5 Å². The maximum absolute atomic E-state index is 13.2. The van der Waals surface area contributed by atoms with Gasteiger partial charge in [0.25, 0.3) is 5.56 Å². The number of para-hydroxylation sites is 2. The molecule has 2 aromatic carbocycles. The zero-order chi connectivity index (χ0) is 24.2. The van der Waals surface area contributed by atoms with Crippen molar-refractivity contribution < 1.29 is 9.53 Å². The first-order chi connectivity index (χ1) is 16.4. The fourth-order valence-corrected chi connectivity index (χ4v) is 4.67. The van der Waals surface area contributed by atoms with Gasteiger partial charge in [-0.2, -0.15) is 0 Å². The lowest BCUT2D eigenvalue weighted by Crippen LogP contribution is -2.30. The van der Waals surface area contributed by atoms with E-state index in [1.165, 1.54) is 11.8 Å². The number of methoxy groups -OCH3 is 1. The second kappa shape index (κ2) is 10.3. The molecule has 4 aromatic rings. The molecule has 2 heterocycles. The summed E-state index contributed by atoms with van der Waals surface area (Å²) in [7, 11) is 1.61. The minimum Gasteiger partial charge on any atom is -0.496 e. The maximum atomic E-state index is 13.2. The van der Waals surface area contributed by atoms with Crippen molar-refractivity contribution in [2.24, 2.45) is 5.92 Å². The number of rotatable bonds is 9. The average molecular weight is 480 g/mol. The summed E-state index contributed by atoms with van der Waals surface area (Å²) in [5.41, 5.74) is 1.57. The third kappa shape index (κ3) is 4.79. The Labute approximate surface area is 202 Å². The lowest BCUT2D eigenvalue weighted by atomic mass is 10.1. The molecule has 8 nitrogen and oxygen atoms in total. The molecule has 0 fully saturated rings. The number of ether oxygens (including phenoxy) is 1. The number of hydrogen-bond acceptors (Lipinski definition) is 6. The van der Waals surface area contributed by atoms with E-state index >= 15 is 0 Å². The molecule has 34 heavy (non-hydrogen) atoms. The van der Waals surface area contributed by atoms with Gasteiger partial charge in [-0.15, -0.1) is 10.2 Å². The molecule has 1 amide bonds. The van der Waals surface area contributed by atoms with Gasteiger partial charge >= 0.3 is 0 Å². The smallest absolute Gasteiger partial charge is 0.262 e. The number of aryl methyl sites for hydroxylation is 1. The van der Waals surface area contributed by atoms with Crippen molar-refractivity contribution in [1.82, 2.24) is 24.5 Å². The molecular formula is C25H29N5O3S. The fraction of sp³-hybridized carbons (Fsp3) is 0.360. The van der Waals surface area contributed by atoms with Crippen molar-refractivity contribution in [3.05, 3.63) is 64.4 Å². The Morgan fingerprint density at radius 3 is 2.59 bits per heavy atom. The maximum Gasteiger partial charge on any atom is 0.262 e. The van der Waals surface area contributed by atoms with Gasteiger partial charge in [-0.1, -0.05) is 55.9 Å². The van der Waals surface area contributed by atoms with Crippen LogP contribution in [0.4, 0.5) is 0 Å². The number of amides is 1. The third-order valence-electron chi connectivity index (χ3n) is 5.71. The number of hydrogen-bond donors (Lipinski definition) is 1. The molecular weight excluding hydrogens is 450 g/mol. The van der Waals surface area contributed by atoms with E-state index in [1.807, 2.05) is 59.9 Å². The van der Waals surface area contributed by atoms with E-state index in [0.29, 0.717) is 35.3 Å². The van der Waals surface area contributed by atoms with Crippen LogP contribution in [0.5, 0.6) is 5.75 Å². The van der Waals surface area contributed by atoms with E-state index in [0.717, 1.165) is 23.3 Å². The van der Waals surface area contributed by atoms with Gasteiger partial charge in [0.05, 0.1) is 23.3 Å². The highest BCUT2D eigenvalue weighted by Crippen LogP contribution is 2.26. The Morgan fingerprint density at radius 1 is 1.09 bits per heavy atom. The fourth-order valence-electron chi connectivity index (χ4n) is 3.79. The van der Waals surface area contributed by atoms with Gasteiger partial charge in [0.1, 0.15) is 5.75 Å². The minimum absolute atomic E-state index is 0.0738. The molecule has 1 N–H and O–H groups in total. The number of nitrogens with zero attached hydrogens (tertiary/aromatic N) is 4. The summed E-state index contributed by atoms with van der Waals surface area (Å²) in [6.07, 6.45) is 0.852. The normalized spacial score (nSPS) is 12.4. The van der Waals surface area contributed by atoms with Crippen LogP contribution in [0.2, 0.25) is 0 Å². The summed E-state index contributed by atoms with van der Waals surface area (Å²) in [5.74, 6) is 1.55. The van der Waals surface area contributed by atoms with E-state index in [1.54, 1.807) is 11.7 Å². The molecule has 0 aliphatic rings. The number of carbonyl (C=O) groups is 1. The highest BCUT2D eigenvalue weighted by molar-refractivity contribution is 8.00. The van der Waals surface area contributed by atoms with Gasteiger partial charge in [0, 0.05) is 18.7 Å². The molecule has 0 saturated heterocycles. The Morgan fingerprint density at radius 2 is 1.82 bits per heavy atom. The van der Waals surface area contributed by atoms with Gasteiger partial charge in [0.15, 0.2) is 5.16 Å². The van der Waals surface area contributed by atoms with Crippen LogP contribution in [0.25, 0.3) is 16.7 Å². The SMILES string of the molecule is COc1ccccc1CNC(=O)C(C)Sc1nnc2n(CCC(C)C)c(=O)c3ccccc3n12. The minimum atomic E-state index is -0.420. The summed E-state index contributed by atoms with van der Waals surface area (Å²) < 4.78 is 8.93. The van der Waals surface area contributed by atoms with Gasteiger partial charge in [-0.3, -0.25) is 18.6 Å². The molecule has 4 rings (SSSR count). The molecule has 9 heteroatoms. The quantitative estimate of drug-likeness (QED) is 0.366. The van der Waals surface area contributed by atoms with Crippen LogP contribution in [0.15, 0.2) is 58.5 Å². The average Bonchev–Trinajstić information content (AvgIpc) is 3.25.